The van der Waals surface area contributed by atoms with Gasteiger partial charge in [0.15, 0.2) is 0 Å². The van der Waals surface area contributed by atoms with Gasteiger partial charge in [-0.3, -0.25) is 14.4 Å². The van der Waals surface area contributed by atoms with Crippen molar-refractivity contribution in [3.63, 3.8) is 0 Å². The number of fused-ring (bicyclic) bond motifs is 1. The molecule has 188 valence electrons. The molecule has 10 nitrogen and oxygen atoms in total. The van der Waals surface area contributed by atoms with Crippen LogP contribution in [0.25, 0.3) is 0 Å². The van der Waals surface area contributed by atoms with Gasteiger partial charge in [-0.05, 0) is 42.8 Å². The lowest BCUT2D eigenvalue weighted by Crippen LogP contribution is -2.56. The number of carbonyl (C=O) groups is 2. The van der Waals surface area contributed by atoms with Gasteiger partial charge in [0.2, 0.25) is 5.91 Å². The zero-order valence-electron chi connectivity index (χ0n) is 18.6. The van der Waals surface area contributed by atoms with Crippen LogP contribution in [0, 0.1) is 11.2 Å². The molecule has 2 aromatic carbocycles. The summed E-state index contributed by atoms with van der Waals surface area (Å²) in [7, 11) is -4.26. The number of nitrogens with one attached hydrogen (secondary N) is 2. The summed E-state index contributed by atoms with van der Waals surface area (Å²) in [4.78, 5) is 23.5. The quantitative estimate of drug-likeness (QED) is 0.503. The van der Waals surface area contributed by atoms with E-state index in [0.29, 0.717) is 19.6 Å². The number of benzene rings is 2. The molecule has 1 fully saturated rings. The van der Waals surface area contributed by atoms with E-state index >= 15 is 0 Å². The van der Waals surface area contributed by atoms with Gasteiger partial charge >= 0.3 is 6.09 Å². The van der Waals surface area contributed by atoms with E-state index in [1.807, 2.05) is 6.92 Å². The first-order chi connectivity index (χ1) is 16.6. The average molecular weight is 528 g/mol. The lowest BCUT2D eigenvalue weighted by atomic mass is 9.82. The summed E-state index contributed by atoms with van der Waals surface area (Å²) in [5.41, 5.74) is -0.406. The first-order valence-electron chi connectivity index (χ1n) is 10.7. The number of sulfonamides is 1. The van der Waals surface area contributed by atoms with Crippen molar-refractivity contribution in [2.45, 2.75) is 24.3 Å². The predicted octanol–water partition coefficient (Wildman–Crippen LogP) is 3.07. The van der Waals surface area contributed by atoms with Crippen molar-refractivity contribution in [2.24, 2.45) is 5.41 Å². The van der Waals surface area contributed by atoms with Gasteiger partial charge in [-0.15, -0.1) is 0 Å². The van der Waals surface area contributed by atoms with Gasteiger partial charge in [0.05, 0.1) is 47.3 Å². The predicted molar refractivity (Wildman–Crippen MR) is 125 cm³/mol. The summed E-state index contributed by atoms with van der Waals surface area (Å²) in [6.07, 6.45) is -1.49. The highest BCUT2D eigenvalue weighted by Gasteiger charge is 2.44. The zero-order valence-corrected chi connectivity index (χ0v) is 20.2. The Morgan fingerprint density at radius 1 is 1.26 bits per heavy atom. The minimum atomic E-state index is -4.26. The molecular weight excluding hydrogens is 505 g/mol. The Hall–Kier alpha value is -3.09. The first-order valence-corrected chi connectivity index (χ1v) is 12.5. The highest BCUT2D eigenvalue weighted by atomic mass is 35.5. The van der Waals surface area contributed by atoms with Crippen LogP contribution >= 0.6 is 11.6 Å². The van der Waals surface area contributed by atoms with Crippen LogP contribution in [0.3, 0.4) is 0 Å². The summed E-state index contributed by atoms with van der Waals surface area (Å²) in [5.74, 6) is -0.812. The van der Waals surface area contributed by atoms with Crippen LogP contribution in [0.5, 0.6) is 5.75 Å². The summed E-state index contributed by atoms with van der Waals surface area (Å²) in [6.45, 7) is 2.34. The van der Waals surface area contributed by atoms with Crippen molar-refractivity contribution in [1.29, 1.82) is 0 Å². The van der Waals surface area contributed by atoms with Crippen LogP contribution in [-0.4, -0.2) is 57.9 Å². The molecule has 13 heteroatoms. The molecule has 0 radical (unpaired) electrons. The number of ether oxygens (including phenoxy) is 2. The lowest BCUT2D eigenvalue weighted by molar-refractivity contribution is -0.162. The highest BCUT2D eigenvalue weighted by Crippen LogP contribution is 2.39. The number of hydrogen-bond acceptors (Lipinski definition) is 6. The van der Waals surface area contributed by atoms with Crippen molar-refractivity contribution in [3.8, 4) is 5.75 Å². The number of halogens is 2. The largest absolute Gasteiger partial charge is 0.484 e. The molecule has 0 aromatic heterocycles. The van der Waals surface area contributed by atoms with Crippen LogP contribution in [0.4, 0.5) is 20.6 Å². The fourth-order valence-electron chi connectivity index (χ4n) is 3.85. The zero-order chi connectivity index (χ0) is 25.4. The second-order valence-electron chi connectivity index (χ2n) is 8.30. The molecule has 35 heavy (non-hydrogen) atoms. The maximum Gasteiger partial charge on any atom is 0.409 e. The normalized spacial score (nSPS) is 18.6. The SMILES string of the molecule is CCC1(C(=O)NCC2CN(S(=O)(=O)c3ccc(F)c(Cl)c3)c3cc(NC(=O)O)ccc3O2)COC1. The summed E-state index contributed by atoms with van der Waals surface area (Å²) in [6, 6.07) is 7.20. The molecule has 4 rings (SSSR count). The highest BCUT2D eigenvalue weighted by molar-refractivity contribution is 7.92. The van der Waals surface area contributed by atoms with E-state index in [1.54, 1.807) is 0 Å². The molecule has 3 N–H and O–H groups in total. The number of rotatable bonds is 7. The molecule has 2 heterocycles. The summed E-state index contributed by atoms with van der Waals surface area (Å²) in [5, 5.41) is 13.7. The second kappa shape index (κ2) is 9.51. The Morgan fingerprint density at radius 3 is 2.60 bits per heavy atom. The van der Waals surface area contributed by atoms with Gasteiger partial charge in [0.25, 0.3) is 10.0 Å². The minimum absolute atomic E-state index is 0.0192. The van der Waals surface area contributed by atoms with E-state index in [4.69, 9.17) is 26.2 Å². The van der Waals surface area contributed by atoms with Gasteiger partial charge in [0, 0.05) is 5.69 Å². The Morgan fingerprint density at radius 2 is 2.00 bits per heavy atom. The third-order valence-corrected chi connectivity index (χ3v) is 8.09. The van der Waals surface area contributed by atoms with Crippen LogP contribution in [0.1, 0.15) is 13.3 Å². The molecule has 0 bridgehead atoms. The summed E-state index contributed by atoms with van der Waals surface area (Å²) < 4.78 is 52.9. The Kier molecular flexibility index (Phi) is 6.80. The Bertz CT molecular complexity index is 1260. The third kappa shape index (κ3) is 4.86. The van der Waals surface area contributed by atoms with E-state index in [0.717, 1.165) is 22.5 Å². The maximum absolute atomic E-state index is 13.7. The molecule has 2 amide bonds. The Balaban J connectivity index is 1.65. The van der Waals surface area contributed by atoms with E-state index in [9.17, 15) is 22.4 Å². The van der Waals surface area contributed by atoms with E-state index in [2.05, 4.69) is 10.6 Å². The molecule has 1 unspecified atom stereocenters. The maximum atomic E-state index is 13.7. The van der Waals surface area contributed by atoms with Crippen molar-refractivity contribution >= 4 is 45.0 Å². The molecule has 2 aromatic rings. The number of nitrogens with zero attached hydrogens (tertiary/aromatic N) is 1. The number of carbonyl (C=O) groups excluding carboxylic acids is 1. The molecule has 1 saturated heterocycles. The van der Waals surface area contributed by atoms with E-state index in [-0.39, 0.29) is 46.0 Å². The molecule has 0 aliphatic carbocycles. The van der Waals surface area contributed by atoms with Gasteiger partial charge in [-0.25, -0.2) is 17.6 Å². The van der Waals surface area contributed by atoms with E-state index in [1.165, 1.54) is 18.2 Å². The van der Waals surface area contributed by atoms with Gasteiger partial charge in [-0.2, -0.15) is 0 Å². The van der Waals surface area contributed by atoms with Gasteiger partial charge in [-0.1, -0.05) is 18.5 Å². The summed E-state index contributed by atoms with van der Waals surface area (Å²) >= 11 is 5.81. The van der Waals surface area contributed by atoms with Crippen LogP contribution in [-0.2, 0) is 19.6 Å². The standard InChI is InChI=1S/C22H23ClFN3O7S/c1-2-22(11-33-12-22)20(28)25-9-14-10-27(35(31,32)15-4-5-17(24)16(23)8-15)18-7-13(26-21(29)30)3-6-19(18)34-14/h3-8,14,26H,2,9-12H2,1H3,(H,25,28)(H,29,30). The number of carboxylic acid groups (broad SMARTS) is 1. The first kappa shape index (κ1) is 25.0. The second-order valence-corrected chi connectivity index (χ2v) is 10.6. The third-order valence-electron chi connectivity index (χ3n) is 6.03. The van der Waals surface area contributed by atoms with Crippen molar-refractivity contribution in [1.82, 2.24) is 5.32 Å². The fraction of sp³-hybridized carbons (Fsp3) is 0.364. The van der Waals surface area contributed by atoms with Crippen molar-refractivity contribution in [3.05, 3.63) is 47.2 Å². The van der Waals surface area contributed by atoms with Crippen LogP contribution in [0.2, 0.25) is 5.02 Å². The molecular formula is C22H23ClFN3O7S. The van der Waals surface area contributed by atoms with Gasteiger partial charge in [0.1, 0.15) is 17.7 Å². The van der Waals surface area contributed by atoms with Crippen LogP contribution in [0.15, 0.2) is 41.3 Å². The molecule has 1 atom stereocenters. The van der Waals surface area contributed by atoms with Crippen molar-refractivity contribution < 1.29 is 37.0 Å². The van der Waals surface area contributed by atoms with Crippen molar-refractivity contribution in [2.75, 3.05) is 35.9 Å². The van der Waals surface area contributed by atoms with E-state index < -0.39 is 33.5 Å². The molecule has 2 aliphatic heterocycles. The lowest BCUT2D eigenvalue weighted by Gasteiger charge is -2.40. The monoisotopic (exact) mass is 527 g/mol. The number of amides is 2. The topological polar surface area (TPSA) is 134 Å². The number of anilines is 2. The fourth-order valence-corrected chi connectivity index (χ4v) is 5.62. The molecule has 2 aliphatic rings. The smallest absolute Gasteiger partial charge is 0.409 e. The minimum Gasteiger partial charge on any atom is -0.484 e. The van der Waals surface area contributed by atoms with Gasteiger partial charge < -0.3 is 19.9 Å². The number of hydrogen-bond donors (Lipinski definition) is 3. The van der Waals surface area contributed by atoms with Crippen LogP contribution < -0.4 is 19.7 Å². The molecule has 0 saturated carbocycles. The molecule has 0 spiro atoms. The average Bonchev–Trinajstić information content (AvgIpc) is 2.78. The Labute approximate surface area is 206 Å².